The Morgan fingerprint density at radius 3 is 0.531 bits per heavy atom. The van der Waals surface area contributed by atoms with E-state index in [0.717, 1.165) is 198 Å². The van der Waals surface area contributed by atoms with Gasteiger partial charge in [-0.2, -0.15) is 0 Å². The Bertz CT molecular complexity index is 7150. The maximum atomic E-state index is 10.0. The fourth-order valence-corrected chi connectivity index (χ4v) is 18.1. The van der Waals surface area contributed by atoms with Gasteiger partial charge in [0.05, 0.1) is 48.3 Å². The second-order valence-electron chi connectivity index (χ2n) is 34.4. The van der Waals surface area contributed by atoms with Crippen molar-refractivity contribution in [1.29, 1.82) is 0 Å². The lowest BCUT2D eigenvalue weighted by Crippen LogP contribution is -2.12. The third kappa shape index (κ3) is 21.6. The number of para-hydroxylation sites is 4. The molecule has 0 atom stereocenters. The molecule has 0 aliphatic heterocycles. The highest BCUT2D eigenvalue weighted by Crippen LogP contribution is 2.48. The van der Waals surface area contributed by atoms with Crippen LogP contribution < -0.4 is 58.1 Å². The summed E-state index contributed by atoms with van der Waals surface area (Å²) < 4.78 is 22.3. The van der Waals surface area contributed by atoms with Gasteiger partial charge in [0.2, 0.25) is 0 Å². The molecule has 0 saturated carbocycles. The van der Waals surface area contributed by atoms with Crippen molar-refractivity contribution in [3.63, 3.8) is 0 Å². The van der Waals surface area contributed by atoms with E-state index in [2.05, 4.69) is 410 Å². The lowest BCUT2D eigenvalue weighted by molar-refractivity contribution is 0.281. The van der Waals surface area contributed by atoms with Gasteiger partial charge in [0, 0.05) is 155 Å². The van der Waals surface area contributed by atoms with Crippen LogP contribution in [-0.4, -0.2) is 43.8 Å². The molecule has 0 radical (unpaired) electrons. The molecule has 0 fully saturated rings. The van der Waals surface area contributed by atoms with Crippen molar-refractivity contribution in [3.05, 3.63) is 532 Å². The number of aliphatic hydroxyl groups excluding tert-OH is 3. The zero-order chi connectivity index (χ0) is 97.8. The number of hydrogen-bond acceptors (Lipinski definition) is 15. The fraction of sp³-hybridized carbons (Fsp3) is 0.0625. The number of aryl methyl sites for hydroxylation is 1. The molecule has 0 heterocycles. The number of nitrogens with zero attached hydrogens (tertiary/aromatic N) is 8. The first kappa shape index (κ1) is 93.9. The van der Waals surface area contributed by atoms with Gasteiger partial charge in [-0.25, -0.2) is 0 Å². The minimum atomic E-state index is -0.0449. The van der Waals surface area contributed by atoms with E-state index < -0.39 is 0 Å². The van der Waals surface area contributed by atoms with E-state index in [0.29, 0.717) is 0 Å². The van der Waals surface area contributed by atoms with Crippen molar-refractivity contribution < 1.29 is 34.3 Å². The lowest BCUT2D eigenvalue weighted by Gasteiger charge is -2.29. The van der Waals surface area contributed by atoms with E-state index in [4.69, 9.17) is 18.9 Å². The second kappa shape index (κ2) is 44.6. The molecule has 0 aliphatic rings. The summed E-state index contributed by atoms with van der Waals surface area (Å²) in [5, 5.41) is 29.5. The quantitative estimate of drug-likeness (QED) is 0.0361. The Balaban J connectivity index is 0.000000181. The van der Waals surface area contributed by atoms with Crippen LogP contribution in [0.4, 0.5) is 136 Å². The summed E-state index contributed by atoms with van der Waals surface area (Å²) in [6.45, 7) is 2.05. The third-order valence-corrected chi connectivity index (χ3v) is 25.4. The second-order valence-corrected chi connectivity index (χ2v) is 34.4. The van der Waals surface area contributed by atoms with E-state index in [1.807, 2.05) is 146 Å². The number of rotatable bonds is 33. The van der Waals surface area contributed by atoms with Crippen LogP contribution in [0.5, 0.6) is 23.0 Å². The molecule has 3 N–H and O–H groups in total. The van der Waals surface area contributed by atoms with Crippen LogP contribution in [0, 0.1) is 6.92 Å². The van der Waals surface area contributed by atoms with Gasteiger partial charge < -0.3 is 73.5 Å². The van der Waals surface area contributed by atoms with E-state index >= 15 is 0 Å². The fourth-order valence-electron chi connectivity index (χ4n) is 18.1. The zero-order valence-electron chi connectivity index (χ0n) is 80.2. The summed E-state index contributed by atoms with van der Waals surface area (Å²) in [5.74, 6) is 3.11. The number of hydrogen-bond donors (Lipinski definition) is 3. The summed E-state index contributed by atoms with van der Waals surface area (Å²) in [6, 6.07) is 176. The molecule has 0 aromatic heterocycles. The van der Waals surface area contributed by atoms with E-state index in [1.165, 1.54) is 5.56 Å². The van der Waals surface area contributed by atoms with Crippen LogP contribution in [0.25, 0.3) is 22.3 Å². The molecule has 20 rings (SSSR count). The molecule has 702 valence electrons. The molecule has 0 bridgehead atoms. The van der Waals surface area contributed by atoms with Crippen LogP contribution in [0.15, 0.2) is 510 Å². The maximum absolute atomic E-state index is 10.0. The maximum Gasteiger partial charge on any atom is 0.120 e. The minimum Gasteiger partial charge on any atom is -0.497 e. The predicted molar refractivity (Wildman–Crippen MR) is 590 cm³/mol. The van der Waals surface area contributed by atoms with Crippen molar-refractivity contribution in [2.75, 3.05) is 67.6 Å². The molecule has 0 amide bonds. The molecule has 20 aromatic carbocycles. The van der Waals surface area contributed by atoms with E-state index in [9.17, 15) is 15.3 Å². The molecule has 15 nitrogen and oxygen atoms in total. The first-order valence-electron chi connectivity index (χ1n) is 47.6. The van der Waals surface area contributed by atoms with Gasteiger partial charge in [-0.05, 0) is 349 Å². The highest BCUT2D eigenvalue weighted by molar-refractivity contribution is 5.90. The number of methoxy groups -OCH3 is 4. The monoisotopic (exact) mass is 1870 g/mol. The minimum absolute atomic E-state index is 0.00436. The molecule has 0 unspecified atom stereocenters. The average Bonchev–Trinajstić information content (AvgIpc) is 0.794. The van der Waals surface area contributed by atoms with Crippen LogP contribution >= 0.6 is 0 Å². The van der Waals surface area contributed by atoms with Gasteiger partial charge in [0.1, 0.15) is 23.0 Å². The summed E-state index contributed by atoms with van der Waals surface area (Å²) in [7, 11) is 6.73. The molecular weight excluding hydrogens is 1760 g/mol. The first-order chi connectivity index (χ1) is 70.4. The Kier molecular flexibility index (Phi) is 29.3. The van der Waals surface area contributed by atoms with Gasteiger partial charge in [-0.1, -0.05) is 194 Å². The summed E-state index contributed by atoms with van der Waals surface area (Å²) in [5.41, 5.74) is 32.5. The lowest BCUT2D eigenvalue weighted by atomic mass is 10.0. The summed E-state index contributed by atoms with van der Waals surface area (Å²) in [6.07, 6.45) is 0. The molecule has 15 heteroatoms. The van der Waals surface area contributed by atoms with Crippen LogP contribution in [-0.2, 0) is 19.8 Å². The standard InChI is InChI=1S/C64H54N4O4.C64H54N4O3/c1-70-62-23-11-20-59(43-62)67(58-19-10-14-47(42-58)46-69)56-38-34-54(35-39-56)65(50-15-6-4-7-16-50)52-30-26-48(27-31-52)49-28-32-53(33-29-49)66(51-17-8-5-9-18-51)55-36-40-57(41-37-55)68(60-21-12-24-63(44-60)71-2)61-22-13-25-64(45-61)72-3;1-47-13-23-54(24-14-47)67(55-25-15-48(45-69)16-26-55)61-37-33-59(34-38-61)65(52-9-5-3-6-10-52)57-29-19-50(20-30-57)51-21-31-58(32-22-51)66(53-11-7-4-8-12-53)60-35-39-62(40-36-60)68(56-27-17-49(46-70)18-28-56)63-41-43-64(71-2)44-42-63/h4-45,69H,46H2,1-3H3;3-44,69-70H,45-46H2,1-2H3. The van der Waals surface area contributed by atoms with Gasteiger partial charge >= 0.3 is 0 Å². The number of aliphatic hydroxyl groups is 3. The molecule has 20 aromatic rings. The predicted octanol–water partition coefficient (Wildman–Crippen LogP) is 33.3. The highest BCUT2D eigenvalue weighted by atomic mass is 16.5. The Morgan fingerprint density at radius 1 is 0.147 bits per heavy atom. The van der Waals surface area contributed by atoms with Gasteiger partial charge in [0.15, 0.2) is 0 Å². The first-order valence-corrected chi connectivity index (χ1v) is 47.6. The Morgan fingerprint density at radius 2 is 0.315 bits per heavy atom. The number of anilines is 24. The average molecular weight is 1870 g/mol. The number of ether oxygens (including phenoxy) is 4. The highest BCUT2D eigenvalue weighted by Gasteiger charge is 2.25. The van der Waals surface area contributed by atoms with E-state index in [-0.39, 0.29) is 19.8 Å². The smallest absolute Gasteiger partial charge is 0.120 e. The topological polar surface area (TPSA) is 124 Å². The largest absolute Gasteiger partial charge is 0.497 e. The Hall–Kier alpha value is -18.1. The van der Waals surface area contributed by atoms with Gasteiger partial charge in [-0.3, -0.25) is 0 Å². The SMILES string of the molecule is COc1ccc(N(c2ccc(CO)cc2)c2ccc(N(c3ccccc3)c3ccc(-c4ccc(N(c5ccccc5)c5ccc(N(c6ccc(C)cc6)c6ccc(CO)cc6)cc5)cc4)cc3)cc2)cc1.COc1cccc(N(c2ccc(N(c3ccccc3)c3ccc(-c4ccc(N(c5ccccc5)c5ccc(N(c6cccc(OC)c6)c6cccc(OC)c6)cc5)cc4)cc3)cc2)c2cccc(CO)c2)c1. The molecule has 0 saturated heterocycles. The van der Waals surface area contributed by atoms with Crippen molar-refractivity contribution >= 4 is 136 Å². The summed E-state index contributed by atoms with van der Waals surface area (Å²) >= 11 is 0. The van der Waals surface area contributed by atoms with Crippen molar-refractivity contribution in [3.8, 4) is 45.3 Å². The molecule has 0 spiro atoms. The van der Waals surface area contributed by atoms with E-state index in [1.54, 1.807) is 28.4 Å². The van der Waals surface area contributed by atoms with Gasteiger partial charge in [0.25, 0.3) is 0 Å². The molecule has 143 heavy (non-hydrogen) atoms. The summed E-state index contributed by atoms with van der Waals surface area (Å²) in [4.78, 5) is 17.9. The molecule has 0 aliphatic carbocycles. The van der Waals surface area contributed by atoms with Crippen LogP contribution in [0.1, 0.15) is 22.3 Å². The number of benzene rings is 20. The third-order valence-electron chi connectivity index (χ3n) is 25.4. The normalized spacial score (nSPS) is 10.9. The molecular formula is C128H108N8O7. The van der Waals surface area contributed by atoms with Crippen molar-refractivity contribution in [2.24, 2.45) is 0 Å². The van der Waals surface area contributed by atoms with Crippen molar-refractivity contribution in [1.82, 2.24) is 0 Å². The van der Waals surface area contributed by atoms with Crippen molar-refractivity contribution in [2.45, 2.75) is 26.7 Å². The Labute approximate surface area is 836 Å². The van der Waals surface area contributed by atoms with Crippen LogP contribution in [0.3, 0.4) is 0 Å². The zero-order valence-corrected chi connectivity index (χ0v) is 80.2. The van der Waals surface area contributed by atoms with Crippen LogP contribution in [0.2, 0.25) is 0 Å². The van der Waals surface area contributed by atoms with Gasteiger partial charge in [-0.15, -0.1) is 0 Å².